The molecule has 1 amide bonds. The Kier molecular flexibility index (Phi) is 4.84. The van der Waals surface area contributed by atoms with Crippen molar-refractivity contribution in [2.75, 3.05) is 31.6 Å². The van der Waals surface area contributed by atoms with Crippen LogP contribution in [-0.4, -0.2) is 54.9 Å². The van der Waals surface area contributed by atoms with Gasteiger partial charge in [-0.15, -0.1) is 0 Å². The fraction of sp³-hybridized carbons (Fsp3) is 0.267. The van der Waals surface area contributed by atoms with Crippen LogP contribution in [0, 0.1) is 0 Å². The van der Waals surface area contributed by atoms with Crippen molar-refractivity contribution < 1.29 is 17.9 Å². The number of hydrogen-bond acceptors (Lipinski definition) is 6. The molecule has 0 aliphatic carbocycles. The number of benzene rings is 1. The van der Waals surface area contributed by atoms with Crippen LogP contribution in [0.5, 0.6) is 0 Å². The number of rotatable bonds is 4. The third kappa shape index (κ3) is 3.58. The van der Waals surface area contributed by atoms with Crippen molar-refractivity contribution in [1.82, 2.24) is 14.3 Å². The number of morpholine rings is 1. The van der Waals surface area contributed by atoms with Gasteiger partial charge in [0, 0.05) is 31.0 Å². The first kappa shape index (κ1) is 16.5. The van der Waals surface area contributed by atoms with Crippen molar-refractivity contribution in [2.24, 2.45) is 0 Å². The Bertz CT molecular complexity index is 820. The van der Waals surface area contributed by atoms with Crippen molar-refractivity contribution in [3.8, 4) is 0 Å². The molecule has 0 unspecified atom stereocenters. The third-order valence-electron chi connectivity index (χ3n) is 3.50. The smallest absolute Gasteiger partial charge is 0.258 e. The van der Waals surface area contributed by atoms with E-state index in [0.29, 0.717) is 26.3 Å². The minimum atomic E-state index is -3.65. The standard InChI is InChI=1S/C15H16N4O4S/c20-14(18-15-16-5-2-6-17-15)12-3-1-4-13(11-12)24(21,22)19-7-9-23-10-8-19/h1-6,11H,7-10H2,(H,16,17,18,20). The Balaban J connectivity index is 1.82. The highest BCUT2D eigenvalue weighted by molar-refractivity contribution is 7.89. The number of hydrogen-bond donors (Lipinski definition) is 1. The van der Waals surface area contributed by atoms with E-state index in [4.69, 9.17) is 4.74 Å². The van der Waals surface area contributed by atoms with Crippen molar-refractivity contribution in [1.29, 1.82) is 0 Å². The predicted molar refractivity (Wildman–Crippen MR) is 86.0 cm³/mol. The van der Waals surface area contributed by atoms with Gasteiger partial charge in [-0.2, -0.15) is 4.31 Å². The molecular formula is C15H16N4O4S. The van der Waals surface area contributed by atoms with Crippen LogP contribution in [0.3, 0.4) is 0 Å². The summed E-state index contributed by atoms with van der Waals surface area (Å²) in [5.74, 6) is -0.316. The zero-order valence-electron chi connectivity index (χ0n) is 12.8. The molecule has 1 fully saturated rings. The fourth-order valence-corrected chi connectivity index (χ4v) is 3.73. The van der Waals surface area contributed by atoms with Gasteiger partial charge in [0.25, 0.3) is 5.91 Å². The molecule has 0 radical (unpaired) electrons. The van der Waals surface area contributed by atoms with Gasteiger partial charge in [-0.25, -0.2) is 18.4 Å². The zero-order chi connectivity index (χ0) is 17.0. The maximum Gasteiger partial charge on any atom is 0.258 e. The lowest BCUT2D eigenvalue weighted by atomic mass is 10.2. The quantitative estimate of drug-likeness (QED) is 0.875. The van der Waals surface area contributed by atoms with Gasteiger partial charge in [0.1, 0.15) is 0 Å². The van der Waals surface area contributed by atoms with Gasteiger partial charge in [0.05, 0.1) is 18.1 Å². The molecule has 126 valence electrons. The van der Waals surface area contributed by atoms with E-state index in [2.05, 4.69) is 15.3 Å². The number of ether oxygens (including phenoxy) is 1. The van der Waals surface area contributed by atoms with E-state index in [-0.39, 0.29) is 16.4 Å². The molecule has 0 spiro atoms. The lowest BCUT2D eigenvalue weighted by molar-refractivity contribution is 0.0730. The van der Waals surface area contributed by atoms with Gasteiger partial charge in [-0.05, 0) is 24.3 Å². The number of aromatic nitrogens is 2. The molecule has 1 aromatic heterocycles. The Morgan fingerprint density at radius 3 is 2.54 bits per heavy atom. The maximum atomic E-state index is 12.6. The van der Waals surface area contributed by atoms with Crippen molar-refractivity contribution in [2.45, 2.75) is 4.90 Å². The van der Waals surface area contributed by atoms with E-state index >= 15 is 0 Å². The summed E-state index contributed by atoms with van der Waals surface area (Å²) in [6, 6.07) is 7.53. The van der Waals surface area contributed by atoms with E-state index < -0.39 is 15.9 Å². The Morgan fingerprint density at radius 1 is 1.12 bits per heavy atom. The molecule has 2 aromatic rings. The molecule has 1 N–H and O–H groups in total. The summed E-state index contributed by atoms with van der Waals surface area (Å²) in [5, 5.41) is 2.53. The van der Waals surface area contributed by atoms with Crippen LogP contribution >= 0.6 is 0 Å². The van der Waals surface area contributed by atoms with Crippen molar-refractivity contribution in [3.63, 3.8) is 0 Å². The summed E-state index contributed by atoms with van der Waals surface area (Å²) in [6.07, 6.45) is 3.00. The van der Waals surface area contributed by atoms with Gasteiger partial charge in [-0.3, -0.25) is 10.1 Å². The molecule has 1 saturated heterocycles. The van der Waals surface area contributed by atoms with Crippen LogP contribution in [0.1, 0.15) is 10.4 Å². The summed E-state index contributed by atoms with van der Waals surface area (Å²) < 4.78 is 31.8. The first-order chi connectivity index (χ1) is 11.6. The fourth-order valence-electron chi connectivity index (χ4n) is 2.27. The number of carbonyl (C=O) groups excluding carboxylic acids is 1. The molecule has 3 rings (SSSR count). The molecule has 2 heterocycles. The molecule has 0 saturated carbocycles. The van der Waals surface area contributed by atoms with Crippen molar-refractivity contribution >= 4 is 21.9 Å². The number of nitrogens with zero attached hydrogens (tertiary/aromatic N) is 3. The summed E-state index contributed by atoms with van der Waals surface area (Å²) in [6.45, 7) is 1.34. The SMILES string of the molecule is O=C(Nc1ncccn1)c1cccc(S(=O)(=O)N2CCOCC2)c1. The van der Waals surface area contributed by atoms with E-state index in [9.17, 15) is 13.2 Å². The Hall–Kier alpha value is -2.36. The van der Waals surface area contributed by atoms with Gasteiger partial charge < -0.3 is 4.74 Å². The van der Waals surface area contributed by atoms with Crippen LogP contribution in [0.25, 0.3) is 0 Å². The highest BCUT2D eigenvalue weighted by atomic mass is 32.2. The molecule has 1 aliphatic rings. The Morgan fingerprint density at radius 2 is 1.83 bits per heavy atom. The number of anilines is 1. The largest absolute Gasteiger partial charge is 0.379 e. The van der Waals surface area contributed by atoms with Crippen LogP contribution < -0.4 is 5.32 Å². The predicted octanol–water partition coefficient (Wildman–Crippen LogP) is 0.750. The molecule has 8 nitrogen and oxygen atoms in total. The summed E-state index contributed by atoms with van der Waals surface area (Å²) in [4.78, 5) is 20.1. The molecule has 1 aromatic carbocycles. The minimum absolute atomic E-state index is 0.0750. The lowest BCUT2D eigenvalue weighted by Gasteiger charge is -2.26. The monoisotopic (exact) mass is 348 g/mol. The number of nitrogens with one attached hydrogen (secondary N) is 1. The normalized spacial score (nSPS) is 15.8. The second kappa shape index (κ2) is 7.04. The average molecular weight is 348 g/mol. The highest BCUT2D eigenvalue weighted by Crippen LogP contribution is 2.18. The van der Waals surface area contributed by atoms with Crippen LogP contribution in [0.15, 0.2) is 47.6 Å². The highest BCUT2D eigenvalue weighted by Gasteiger charge is 2.26. The number of sulfonamides is 1. The van der Waals surface area contributed by atoms with Gasteiger partial charge in [-0.1, -0.05) is 6.07 Å². The van der Waals surface area contributed by atoms with E-state index in [1.807, 2.05) is 0 Å². The van der Waals surface area contributed by atoms with Crippen LogP contribution in [-0.2, 0) is 14.8 Å². The Labute approximate surface area is 139 Å². The van der Waals surface area contributed by atoms with Crippen molar-refractivity contribution in [3.05, 3.63) is 48.3 Å². The molecule has 9 heteroatoms. The molecule has 24 heavy (non-hydrogen) atoms. The van der Waals surface area contributed by atoms with Crippen LogP contribution in [0.4, 0.5) is 5.95 Å². The van der Waals surface area contributed by atoms with Gasteiger partial charge in [0.2, 0.25) is 16.0 Å². The number of amides is 1. The maximum absolute atomic E-state index is 12.6. The molecule has 0 bridgehead atoms. The second-order valence-corrected chi connectivity index (χ2v) is 7.01. The first-order valence-corrected chi connectivity index (χ1v) is 8.78. The summed E-state index contributed by atoms with van der Waals surface area (Å²) in [7, 11) is -3.65. The second-order valence-electron chi connectivity index (χ2n) is 5.07. The van der Waals surface area contributed by atoms with Gasteiger partial charge >= 0.3 is 0 Å². The summed E-state index contributed by atoms with van der Waals surface area (Å²) >= 11 is 0. The van der Waals surface area contributed by atoms with Crippen LogP contribution in [0.2, 0.25) is 0 Å². The van der Waals surface area contributed by atoms with E-state index in [1.54, 1.807) is 6.07 Å². The number of carbonyl (C=O) groups is 1. The first-order valence-electron chi connectivity index (χ1n) is 7.34. The molecular weight excluding hydrogens is 332 g/mol. The van der Waals surface area contributed by atoms with E-state index in [1.165, 1.54) is 41.0 Å². The lowest BCUT2D eigenvalue weighted by Crippen LogP contribution is -2.40. The van der Waals surface area contributed by atoms with Gasteiger partial charge in [0.15, 0.2) is 0 Å². The average Bonchev–Trinajstić information content (AvgIpc) is 2.63. The van der Waals surface area contributed by atoms with E-state index in [0.717, 1.165) is 0 Å². The molecule has 0 atom stereocenters. The minimum Gasteiger partial charge on any atom is -0.379 e. The zero-order valence-corrected chi connectivity index (χ0v) is 13.6. The summed E-state index contributed by atoms with van der Waals surface area (Å²) in [5.41, 5.74) is 0.219. The third-order valence-corrected chi connectivity index (χ3v) is 5.39. The topological polar surface area (TPSA) is 101 Å². The molecule has 1 aliphatic heterocycles.